The Bertz CT molecular complexity index is 1050. The van der Waals surface area contributed by atoms with Crippen LogP contribution in [0.3, 0.4) is 0 Å². The molecule has 0 spiro atoms. The van der Waals surface area contributed by atoms with E-state index >= 15 is 0 Å². The lowest BCUT2D eigenvalue weighted by molar-refractivity contribution is -0.116. The molecule has 1 N–H and O–H groups in total. The summed E-state index contributed by atoms with van der Waals surface area (Å²) in [5.41, 5.74) is 3.28. The third kappa shape index (κ3) is 3.77. The van der Waals surface area contributed by atoms with Gasteiger partial charge in [0.1, 0.15) is 12.1 Å². The largest absolute Gasteiger partial charge is 0.497 e. The summed E-state index contributed by atoms with van der Waals surface area (Å²) in [4.78, 5) is 24.1. The normalized spacial score (nSPS) is 13.0. The van der Waals surface area contributed by atoms with Crippen LogP contribution in [0.5, 0.6) is 5.75 Å². The number of Topliss-reactive ketones (excluding diaryl/α,β-unsaturated/α-hetero) is 1. The van der Waals surface area contributed by atoms with Crippen LogP contribution >= 0.6 is 11.8 Å². The zero-order chi connectivity index (χ0) is 19.5. The van der Waals surface area contributed by atoms with Crippen molar-refractivity contribution in [1.29, 1.82) is 0 Å². The standard InChI is InChI=1S/C20H18N4O3S/c1-27-16-4-2-3-15(10-16)24-12-21-23-20(24)28-11-18(25)14-5-7-17-13(9-14)6-8-19(26)22-17/h2-5,7,9-10,12H,6,8,11H2,1H3,(H,22,26). The molecule has 0 fully saturated rings. The number of methoxy groups -OCH3 is 1. The molecule has 0 radical (unpaired) electrons. The van der Waals surface area contributed by atoms with Gasteiger partial charge in [-0.3, -0.25) is 14.2 Å². The van der Waals surface area contributed by atoms with Crippen molar-refractivity contribution in [2.24, 2.45) is 0 Å². The fourth-order valence-electron chi connectivity index (χ4n) is 3.03. The summed E-state index contributed by atoms with van der Waals surface area (Å²) in [6.07, 6.45) is 2.71. The molecule has 2 heterocycles. The predicted molar refractivity (Wildman–Crippen MR) is 106 cm³/mol. The van der Waals surface area contributed by atoms with E-state index in [1.54, 1.807) is 25.6 Å². The minimum atomic E-state index is 0.00453. The summed E-state index contributed by atoms with van der Waals surface area (Å²) >= 11 is 1.33. The number of fused-ring (bicyclic) bond motifs is 1. The van der Waals surface area contributed by atoms with E-state index in [1.807, 2.05) is 34.9 Å². The maximum Gasteiger partial charge on any atom is 0.224 e. The number of aromatic nitrogens is 3. The second-order valence-corrected chi connectivity index (χ2v) is 7.26. The molecule has 1 aliphatic rings. The van der Waals surface area contributed by atoms with Crippen molar-refractivity contribution in [1.82, 2.24) is 14.8 Å². The highest BCUT2D eigenvalue weighted by molar-refractivity contribution is 7.99. The number of hydrogen-bond acceptors (Lipinski definition) is 6. The molecule has 28 heavy (non-hydrogen) atoms. The van der Waals surface area contributed by atoms with E-state index < -0.39 is 0 Å². The number of thioether (sulfide) groups is 1. The van der Waals surface area contributed by atoms with Crippen LogP contribution in [-0.4, -0.2) is 39.3 Å². The molecule has 0 saturated heterocycles. The van der Waals surface area contributed by atoms with Crippen LogP contribution in [0.25, 0.3) is 5.69 Å². The molecule has 0 unspecified atom stereocenters. The first-order chi connectivity index (χ1) is 13.6. The lowest BCUT2D eigenvalue weighted by atomic mass is 9.99. The van der Waals surface area contributed by atoms with Gasteiger partial charge in [-0.1, -0.05) is 17.8 Å². The maximum atomic E-state index is 12.7. The second kappa shape index (κ2) is 7.85. The SMILES string of the molecule is COc1cccc(-n2cnnc2SCC(=O)c2ccc3c(c2)CCC(=O)N3)c1. The van der Waals surface area contributed by atoms with Crippen LogP contribution in [0.2, 0.25) is 0 Å². The molecule has 1 aliphatic heterocycles. The van der Waals surface area contributed by atoms with E-state index in [4.69, 9.17) is 4.74 Å². The van der Waals surface area contributed by atoms with E-state index in [0.29, 0.717) is 23.6 Å². The maximum absolute atomic E-state index is 12.7. The van der Waals surface area contributed by atoms with Crippen molar-refractivity contribution in [2.45, 2.75) is 18.0 Å². The molecule has 8 heteroatoms. The van der Waals surface area contributed by atoms with E-state index in [9.17, 15) is 9.59 Å². The highest BCUT2D eigenvalue weighted by Crippen LogP contribution is 2.26. The van der Waals surface area contributed by atoms with Crippen LogP contribution in [-0.2, 0) is 11.2 Å². The molecule has 7 nitrogen and oxygen atoms in total. The summed E-state index contributed by atoms with van der Waals surface area (Å²) in [6, 6.07) is 13.0. The van der Waals surface area contributed by atoms with Crippen molar-refractivity contribution in [3.8, 4) is 11.4 Å². The number of rotatable bonds is 6. The van der Waals surface area contributed by atoms with Gasteiger partial charge in [0.25, 0.3) is 0 Å². The van der Waals surface area contributed by atoms with Crippen molar-refractivity contribution < 1.29 is 14.3 Å². The van der Waals surface area contributed by atoms with Crippen LogP contribution < -0.4 is 10.1 Å². The van der Waals surface area contributed by atoms with Crippen molar-refractivity contribution >= 4 is 29.1 Å². The number of amides is 1. The molecule has 1 amide bonds. The van der Waals surface area contributed by atoms with Gasteiger partial charge in [0, 0.05) is 23.7 Å². The fraction of sp³-hybridized carbons (Fsp3) is 0.200. The Kier molecular flexibility index (Phi) is 5.12. The van der Waals surface area contributed by atoms with Crippen molar-refractivity contribution in [3.05, 3.63) is 59.9 Å². The Labute approximate surface area is 166 Å². The highest BCUT2D eigenvalue weighted by atomic mass is 32.2. The number of ether oxygens (including phenoxy) is 1. The van der Waals surface area contributed by atoms with E-state index in [1.165, 1.54) is 11.8 Å². The number of nitrogens with one attached hydrogen (secondary N) is 1. The smallest absolute Gasteiger partial charge is 0.224 e. The zero-order valence-electron chi connectivity index (χ0n) is 15.2. The van der Waals surface area contributed by atoms with Crippen LogP contribution in [0, 0.1) is 0 Å². The average molecular weight is 394 g/mol. The second-order valence-electron chi connectivity index (χ2n) is 6.32. The molecule has 4 rings (SSSR count). The summed E-state index contributed by atoms with van der Waals surface area (Å²) in [5, 5.41) is 11.6. The van der Waals surface area contributed by atoms with Crippen molar-refractivity contribution in [2.75, 3.05) is 18.2 Å². The third-order valence-corrected chi connectivity index (χ3v) is 5.45. The Morgan fingerprint density at radius 1 is 1.25 bits per heavy atom. The molecule has 0 saturated carbocycles. The summed E-state index contributed by atoms with van der Waals surface area (Å²) in [5.74, 6) is 0.997. The molecule has 0 atom stereocenters. The van der Waals surface area contributed by atoms with Crippen LogP contribution in [0.15, 0.2) is 53.9 Å². The van der Waals surface area contributed by atoms with E-state index in [2.05, 4.69) is 15.5 Å². The number of nitrogens with zero attached hydrogens (tertiary/aromatic N) is 3. The lowest BCUT2D eigenvalue weighted by Gasteiger charge is -2.17. The van der Waals surface area contributed by atoms with Gasteiger partial charge in [-0.25, -0.2) is 0 Å². The molecule has 1 aromatic heterocycles. The van der Waals surface area contributed by atoms with E-state index in [-0.39, 0.29) is 17.4 Å². The molecule has 3 aromatic rings. The number of benzene rings is 2. The Morgan fingerprint density at radius 2 is 2.14 bits per heavy atom. The first kappa shape index (κ1) is 18.2. The Morgan fingerprint density at radius 3 is 3.00 bits per heavy atom. The van der Waals surface area contributed by atoms with Gasteiger partial charge in [0.15, 0.2) is 10.9 Å². The lowest BCUT2D eigenvalue weighted by Crippen LogP contribution is -2.19. The quantitative estimate of drug-likeness (QED) is 0.511. The Balaban J connectivity index is 1.47. The van der Waals surface area contributed by atoms with Gasteiger partial charge in [-0.2, -0.15) is 0 Å². The molecule has 0 aliphatic carbocycles. The van der Waals surface area contributed by atoms with Gasteiger partial charge in [-0.05, 0) is 42.3 Å². The topological polar surface area (TPSA) is 86.1 Å². The number of aryl methyl sites for hydroxylation is 1. The third-order valence-electron chi connectivity index (χ3n) is 4.50. The number of hydrogen-bond donors (Lipinski definition) is 1. The minimum Gasteiger partial charge on any atom is -0.497 e. The summed E-state index contributed by atoms with van der Waals surface area (Å²) in [7, 11) is 1.61. The van der Waals surface area contributed by atoms with Crippen molar-refractivity contribution in [3.63, 3.8) is 0 Å². The van der Waals surface area contributed by atoms with Gasteiger partial charge >= 0.3 is 0 Å². The number of carbonyl (C=O) groups excluding carboxylic acids is 2. The van der Waals surface area contributed by atoms with Crippen LogP contribution in [0.1, 0.15) is 22.3 Å². The fourth-order valence-corrected chi connectivity index (χ4v) is 3.85. The number of carbonyl (C=O) groups is 2. The molecule has 142 valence electrons. The molecular formula is C20H18N4O3S. The predicted octanol–water partition coefficient (Wildman–Crippen LogP) is 3.14. The Hall–Kier alpha value is -3.13. The van der Waals surface area contributed by atoms with Gasteiger partial charge in [0.05, 0.1) is 18.6 Å². The monoisotopic (exact) mass is 394 g/mol. The van der Waals surface area contributed by atoms with Gasteiger partial charge in [0.2, 0.25) is 5.91 Å². The highest BCUT2D eigenvalue weighted by Gasteiger charge is 2.17. The zero-order valence-corrected chi connectivity index (χ0v) is 16.0. The summed E-state index contributed by atoms with van der Waals surface area (Å²) < 4.78 is 7.08. The van der Waals surface area contributed by atoms with Gasteiger partial charge in [-0.15, -0.1) is 10.2 Å². The molecule has 2 aromatic carbocycles. The molecule has 0 bridgehead atoms. The van der Waals surface area contributed by atoms with E-state index in [0.717, 1.165) is 22.7 Å². The minimum absolute atomic E-state index is 0.00453. The molecular weight excluding hydrogens is 376 g/mol. The number of anilines is 1. The number of ketones is 1. The van der Waals surface area contributed by atoms with Crippen LogP contribution in [0.4, 0.5) is 5.69 Å². The van der Waals surface area contributed by atoms with Gasteiger partial charge < -0.3 is 10.1 Å². The summed E-state index contributed by atoms with van der Waals surface area (Å²) in [6.45, 7) is 0. The first-order valence-electron chi connectivity index (χ1n) is 8.77. The first-order valence-corrected chi connectivity index (χ1v) is 9.76. The average Bonchev–Trinajstić information content (AvgIpc) is 3.20.